The van der Waals surface area contributed by atoms with Crippen molar-refractivity contribution in [2.75, 3.05) is 0 Å². The van der Waals surface area contributed by atoms with Gasteiger partial charge >= 0.3 is 19.8 Å². The Morgan fingerprint density at radius 2 is 0.833 bits per heavy atom. The number of hydrogen-bond donors (Lipinski definition) is 0. The standard InChI is InChI=1S/4Cu.H2O.O/h;;;;1H2;. The first kappa shape index (κ1) is 45.5. The second kappa shape index (κ2) is 69.0. The van der Waals surface area contributed by atoms with E-state index in [-0.39, 0.29) is 56.7 Å². The summed E-state index contributed by atoms with van der Waals surface area (Å²) in [5.41, 5.74) is 0. The molecule has 58 valence electrons. The minimum absolute atomic E-state index is 0. The molecule has 0 aromatic rings. The third-order valence-electron chi connectivity index (χ3n) is 0. The van der Waals surface area contributed by atoms with Crippen molar-refractivity contribution in [2.45, 2.75) is 0 Å². The number of rotatable bonds is 0. The molecule has 0 amide bonds. The summed E-state index contributed by atoms with van der Waals surface area (Å²) in [6.45, 7) is 0. The van der Waals surface area contributed by atoms with Gasteiger partial charge in [0.05, 0.1) is 0 Å². The molecule has 0 heterocycles. The first-order chi connectivity index (χ1) is 1.00. The summed E-state index contributed by atoms with van der Waals surface area (Å²) in [5, 5.41) is 0. The molecule has 0 aromatic carbocycles. The zero-order valence-corrected chi connectivity index (χ0v) is 5.88. The maximum absolute atomic E-state index is 7.81. The van der Waals surface area contributed by atoms with Gasteiger partial charge in [-0.05, 0) is 0 Å². The minimum atomic E-state index is 0. The molecule has 0 bridgehead atoms. The first-order valence-corrected chi connectivity index (χ1v) is 0.508. The quantitative estimate of drug-likeness (QED) is 0.530. The van der Waals surface area contributed by atoms with Gasteiger partial charge in [-0.15, -0.1) is 0 Å². The van der Waals surface area contributed by atoms with E-state index in [9.17, 15) is 0 Å². The molecular weight excluding hydrogens is 286 g/mol. The average molecular weight is 288 g/mol. The molecule has 0 aromatic heterocycles. The zero-order chi connectivity index (χ0) is 2.00. The van der Waals surface area contributed by atoms with E-state index in [2.05, 4.69) is 15.9 Å². The van der Waals surface area contributed by atoms with Gasteiger partial charge in [-0.25, -0.2) is 0 Å². The maximum atomic E-state index is 7.81. The fourth-order valence-corrected chi connectivity index (χ4v) is 0. The second-order valence-electron chi connectivity index (χ2n) is 0. The fourth-order valence-electron chi connectivity index (χ4n) is 0. The molecule has 0 aliphatic heterocycles. The Bertz CT molecular complexity index is 5.51. The third-order valence-corrected chi connectivity index (χ3v) is 0. The van der Waals surface area contributed by atoms with Crippen LogP contribution in [0.25, 0.3) is 0 Å². The van der Waals surface area contributed by atoms with Crippen LogP contribution in [-0.2, 0) is 71.0 Å². The van der Waals surface area contributed by atoms with Crippen LogP contribution < -0.4 is 0 Å². The summed E-state index contributed by atoms with van der Waals surface area (Å²) in [7, 11) is 0. The van der Waals surface area contributed by atoms with Crippen molar-refractivity contribution in [3.63, 3.8) is 0 Å². The van der Waals surface area contributed by atoms with Crippen LogP contribution in [0.5, 0.6) is 0 Å². The van der Waals surface area contributed by atoms with E-state index in [1.807, 2.05) is 0 Å². The van der Waals surface area contributed by atoms with Gasteiger partial charge in [0, 0.05) is 51.2 Å². The Labute approximate surface area is 75.9 Å². The summed E-state index contributed by atoms with van der Waals surface area (Å²) in [4.78, 5) is 0. The van der Waals surface area contributed by atoms with Crippen LogP contribution in [0.4, 0.5) is 0 Å². The van der Waals surface area contributed by atoms with Gasteiger partial charge in [0.1, 0.15) is 0 Å². The van der Waals surface area contributed by atoms with Crippen molar-refractivity contribution in [2.24, 2.45) is 0 Å². The van der Waals surface area contributed by atoms with Gasteiger partial charge in [0.25, 0.3) is 0 Å². The Balaban J connectivity index is -0.000000000833. The SMILES string of the molecule is O.[Cu].[Cu].[Cu].[O]=[Cu]. The van der Waals surface area contributed by atoms with Gasteiger partial charge in [0.15, 0.2) is 0 Å². The second-order valence-corrected chi connectivity index (χ2v) is 0. The molecule has 0 saturated heterocycles. The van der Waals surface area contributed by atoms with E-state index in [0.29, 0.717) is 0 Å². The average Bonchev–Trinajstić information content (AvgIpc) is 1.00. The van der Waals surface area contributed by atoms with Crippen LogP contribution in [0.15, 0.2) is 0 Å². The fraction of sp³-hybridized carbons (Fsp3) is 0. The first-order valence-electron chi connectivity index (χ1n) is 0.123. The monoisotopic (exact) mass is 286 g/mol. The normalized spacial score (nSPS) is 1.00. The topological polar surface area (TPSA) is 48.6 Å². The van der Waals surface area contributed by atoms with E-state index in [0.717, 1.165) is 0 Å². The van der Waals surface area contributed by atoms with Gasteiger partial charge in [-0.3, -0.25) is 0 Å². The summed E-state index contributed by atoms with van der Waals surface area (Å²) >= 11 is 2.94. The summed E-state index contributed by atoms with van der Waals surface area (Å²) in [6.07, 6.45) is 0. The van der Waals surface area contributed by atoms with Crippen LogP contribution in [0.2, 0.25) is 0 Å². The Hall–Kier alpha value is 1.84. The van der Waals surface area contributed by atoms with Crippen molar-refractivity contribution in [3.05, 3.63) is 0 Å². The third kappa shape index (κ3) is 40.5. The molecule has 0 aliphatic carbocycles. The van der Waals surface area contributed by atoms with Gasteiger partial charge in [-0.1, -0.05) is 0 Å². The summed E-state index contributed by atoms with van der Waals surface area (Å²) in [6, 6.07) is 0. The van der Waals surface area contributed by atoms with E-state index < -0.39 is 0 Å². The molecule has 0 aliphatic rings. The van der Waals surface area contributed by atoms with Gasteiger partial charge < -0.3 is 5.48 Å². The molecule has 0 rings (SSSR count). The molecular formula is H2Cu4O2. The zero-order valence-electron chi connectivity index (χ0n) is 2.11. The van der Waals surface area contributed by atoms with E-state index in [1.165, 1.54) is 0 Å². The Kier molecular flexibility index (Phi) is 523. The van der Waals surface area contributed by atoms with Crippen LogP contribution in [-0.4, -0.2) is 5.48 Å². The van der Waals surface area contributed by atoms with Crippen molar-refractivity contribution >= 4 is 0 Å². The molecule has 0 saturated carbocycles. The molecule has 0 fully saturated rings. The summed E-state index contributed by atoms with van der Waals surface area (Å²) in [5.74, 6) is 0. The van der Waals surface area contributed by atoms with Crippen molar-refractivity contribution in [1.82, 2.24) is 0 Å². The predicted molar refractivity (Wildman–Crippen MR) is 4.30 cm³/mol. The van der Waals surface area contributed by atoms with Crippen molar-refractivity contribution in [1.29, 1.82) is 0 Å². The van der Waals surface area contributed by atoms with Crippen molar-refractivity contribution in [3.8, 4) is 0 Å². The van der Waals surface area contributed by atoms with Gasteiger partial charge in [-0.2, -0.15) is 0 Å². The van der Waals surface area contributed by atoms with Crippen LogP contribution in [0.3, 0.4) is 0 Å². The molecule has 6 heteroatoms. The molecule has 2 N–H and O–H groups in total. The van der Waals surface area contributed by atoms with E-state index in [1.54, 1.807) is 0 Å². The van der Waals surface area contributed by atoms with E-state index >= 15 is 0 Å². The molecule has 6 heavy (non-hydrogen) atoms. The Morgan fingerprint density at radius 1 is 0.833 bits per heavy atom. The Morgan fingerprint density at radius 3 is 0.833 bits per heavy atom. The van der Waals surface area contributed by atoms with E-state index in [4.69, 9.17) is 3.83 Å². The molecule has 0 atom stereocenters. The number of hydrogen-bond acceptors (Lipinski definition) is 1. The molecule has 2 nitrogen and oxygen atoms in total. The van der Waals surface area contributed by atoms with Crippen LogP contribution in [0.1, 0.15) is 0 Å². The van der Waals surface area contributed by atoms with Crippen LogP contribution in [0, 0.1) is 0 Å². The summed E-state index contributed by atoms with van der Waals surface area (Å²) < 4.78 is 7.81. The predicted octanol–water partition coefficient (Wildman–Crippen LogP) is -0.954. The molecule has 0 spiro atoms. The molecule has 3 radical (unpaired) electrons. The molecule has 0 unspecified atom stereocenters. The van der Waals surface area contributed by atoms with Crippen LogP contribution >= 0.6 is 0 Å². The van der Waals surface area contributed by atoms with Gasteiger partial charge in [0.2, 0.25) is 0 Å². The van der Waals surface area contributed by atoms with Crippen molar-refractivity contribution < 1.29 is 76.5 Å².